The molecule has 0 aromatic carbocycles. The van der Waals surface area contributed by atoms with Crippen molar-refractivity contribution >= 4 is 45.2 Å². The minimum absolute atomic E-state index is 0.0898. The van der Waals surface area contributed by atoms with Crippen LogP contribution in [0.4, 0.5) is 0 Å². The van der Waals surface area contributed by atoms with Crippen LogP contribution in [0.15, 0.2) is 18.2 Å². The number of fused-ring (bicyclic) bond motifs is 8. The zero-order valence-electron chi connectivity index (χ0n) is 40.9. The van der Waals surface area contributed by atoms with Crippen LogP contribution in [0, 0.1) is 13.8 Å². The summed E-state index contributed by atoms with van der Waals surface area (Å²) in [6, 6.07) is 7.09. The number of carbonyl (C=O) groups excluding carboxylic acids is 2. The molecule has 0 unspecified atom stereocenters. The van der Waals surface area contributed by atoms with Crippen molar-refractivity contribution in [3.63, 3.8) is 0 Å². The van der Waals surface area contributed by atoms with Gasteiger partial charge in [0.25, 0.3) is 0 Å². The molecular weight excluding hydrogens is 781 g/mol. The zero-order valence-corrected chi connectivity index (χ0v) is 40.9. The summed E-state index contributed by atoms with van der Waals surface area (Å²) in [7, 11) is 2.94. The molecule has 0 atom stereocenters. The SMILES string of the molecule is CCCCCc1c2nc(cc3[nH]c(cc4[nH]c(cc5nc1C(C)=C5C)c(C)c4CCCCCCCCCCC(=O)OC)c(CCCCCCCCCCC(=O)OC)c3C)C(C)(C)C2. The molecule has 0 saturated heterocycles. The first kappa shape index (κ1) is 49.8. The number of allylic oxidation sites excluding steroid dienone is 2. The highest BCUT2D eigenvalue weighted by molar-refractivity contribution is 5.92. The molecule has 346 valence electrons. The van der Waals surface area contributed by atoms with Gasteiger partial charge in [-0.2, -0.15) is 0 Å². The van der Waals surface area contributed by atoms with Crippen molar-refractivity contribution in [1.82, 2.24) is 19.9 Å². The largest absolute Gasteiger partial charge is 0.469 e. The van der Waals surface area contributed by atoms with E-state index in [1.807, 2.05) is 0 Å². The van der Waals surface area contributed by atoms with Gasteiger partial charge in [-0.1, -0.05) is 111 Å². The lowest BCUT2D eigenvalue weighted by molar-refractivity contribution is -0.141. The Labute approximate surface area is 380 Å². The molecule has 2 aliphatic heterocycles. The van der Waals surface area contributed by atoms with Crippen LogP contribution in [-0.4, -0.2) is 46.1 Å². The van der Waals surface area contributed by atoms with E-state index in [0.717, 1.165) is 93.2 Å². The molecule has 2 N–H and O–H groups in total. The number of H-pyrrole nitrogens is 2. The first-order valence-electron chi connectivity index (χ1n) is 24.9. The molecule has 0 radical (unpaired) electrons. The molecule has 0 aliphatic carbocycles. The third kappa shape index (κ3) is 13.9. The first-order chi connectivity index (χ1) is 30.4. The number of nitrogens with zero attached hydrogens (tertiary/aromatic N) is 2. The summed E-state index contributed by atoms with van der Waals surface area (Å²) in [4.78, 5) is 41.8. The highest BCUT2D eigenvalue weighted by Gasteiger charge is 2.32. The van der Waals surface area contributed by atoms with Crippen molar-refractivity contribution in [2.24, 2.45) is 0 Å². The number of methoxy groups -OCH3 is 2. The second kappa shape index (κ2) is 24.8. The minimum Gasteiger partial charge on any atom is -0.469 e. The number of esters is 2. The van der Waals surface area contributed by atoms with Gasteiger partial charge in [0.2, 0.25) is 0 Å². The summed E-state index contributed by atoms with van der Waals surface area (Å²) in [6.07, 6.45) is 27.2. The van der Waals surface area contributed by atoms with E-state index >= 15 is 0 Å². The lowest BCUT2D eigenvalue weighted by atomic mass is 9.85. The third-order valence-corrected chi connectivity index (χ3v) is 14.1. The van der Waals surface area contributed by atoms with Gasteiger partial charge in [0.15, 0.2) is 0 Å². The number of nitrogens with one attached hydrogen (secondary N) is 2. The van der Waals surface area contributed by atoms with Crippen molar-refractivity contribution in [3.05, 3.63) is 68.8 Å². The zero-order chi connectivity index (χ0) is 45.4. The number of rotatable bonds is 26. The molecule has 5 heterocycles. The molecule has 3 aromatic rings. The van der Waals surface area contributed by atoms with Crippen molar-refractivity contribution in [2.75, 3.05) is 14.2 Å². The maximum absolute atomic E-state index is 11.5. The maximum Gasteiger partial charge on any atom is 0.305 e. The van der Waals surface area contributed by atoms with Crippen LogP contribution < -0.4 is 0 Å². The van der Waals surface area contributed by atoms with Gasteiger partial charge < -0.3 is 19.4 Å². The first-order valence-corrected chi connectivity index (χ1v) is 24.9. The summed E-state index contributed by atoms with van der Waals surface area (Å²) in [5.41, 5.74) is 18.6. The van der Waals surface area contributed by atoms with Crippen molar-refractivity contribution in [3.8, 4) is 0 Å². The molecule has 8 nitrogen and oxygen atoms in total. The van der Waals surface area contributed by atoms with Crippen LogP contribution in [-0.2, 0) is 50.2 Å². The summed E-state index contributed by atoms with van der Waals surface area (Å²) < 4.78 is 9.59. The topological polar surface area (TPSA) is 110 Å². The van der Waals surface area contributed by atoms with Gasteiger partial charge in [-0.15, -0.1) is 0 Å². The van der Waals surface area contributed by atoms with E-state index in [2.05, 4.69) is 76.6 Å². The Hall–Kier alpha value is -4.20. The highest BCUT2D eigenvalue weighted by Crippen LogP contribution is 2.38. The average molecular weight is 863 g/mol. The summed E-state index contributed by atoms with van der Waals surface area (Å²) in [6.45, 7) is 16.1. The fourth-order valence-electron chi connectivity index (χ4n) is 9.71. The van der Waals surface area contributed by atoms with E-state index in [0.29, 0.717) is 12.8 Å². The average Bonchev–Trinajstić information content (AvgIpc) is 3.93. The van der Waals surface area contributed by atoms with Crippen molar-refractivity contribution in [1.29, 1.82) is 0 Å². The Kier molecular flexibility index (Phi) is 19.6. The normalized spacial score (nSPS) is 13.5. The van der Waals surface area contributed by atoms with Gasteiger partial charge in [0, 0.05) is 58.1 Å². The molecule has 0 fully saturated rings. The van der Waals surface area contributed by atoms with Crippen LogP contribution in [0.2, 0.25) is 0 Å². The molecule has 3 aromatic heterocycles. The molecular formula is C55H82N4O4. The highest BCUT2D eigenvalue weighted by atomic mass is 16.5. The van der Waals surface area contributed by atoms with Crippen molar-refractivity contribution < 1.29 is 19.1 Å². The molecule has 2 aliphatic rings. The number of hydrogen-bond acceptors (Lipinski definition) is 6. The molecule has 0 saturated carbocycles. The number of unbranched alkanes of at least 4 members (excludes halogenated alkanes) is 16. The standard InChI is InChI=1S/C55H82N4O4/c1-10-11-24-31-44-50-37-55(6,7)51(58-50)36-47-41(5)43(30-26-21-17-13-15-19-23-28-33-53(61)63-9)49(57-47)35-48-42(29-25-20-16-12-14-18-22-27-32-52(60)62-8)40(4)46(56-48)34-45-38(2)39(3)54(44)59-45/h34-36,56-57H,10-33,37H2,1-9H3. The summed E-state index contributed by atoms with van der Waals surface area (Å²) in [5, 5.41) is 0. The third-order valence-electron chi connectivity index (χ3n) is 14.1. The second-order valence-electron chi connectivity index (χ2n) is 19.4. The van der Waals surface area contributed by atoms with Gasteiger partial charge >= 0.3 is 11.9 Å². The van der Waals surface area contributed by atoms with Gasteiger partial charge in [-0.3, -0.25) is 14.6 Å². The Bertz CT molecular complexity index is 2190. The molecule has 8 heteroatoms. The van der Waals surface area contributed by atoms with E-state index < -0.39 is 0 Å². The predicted octanol–water partition coefficient (Wildman–Crippen LogP) is 14.6. The lowest BCUT2D eigenvalue weighted by Crippen LogP contribution is -2.15. The fraction of sp³-hybridized carbons (Fsp3) is 0.636. The van der Waals surface area contributed by atoms with Crippen molar-refractivity contribution in [2.45, 2.75) is 214 Å². The van der Waals surface area contributed by atoms with E-state index in [1.165, 1.54) is 152 Å². The molecule has 8 bridgehead atoms. The van der Waals surface area contributed by atoms with E-state index in [-0.39, 0.29) is 17.4 Å². The van der Waals surface area contributed by atoms with Gasteiger partial charge in [0.05, 0.1) is 25.6 Å². The van der Waals surface area contributed by atoms with Crippen LogP contribution in [0.3, 0.4) is 0 Å². The van der Waals surface area contributed by atoms with E-state index in [9.17, 15) is 9.59 Å². The Morgan fingerprint density at radius 1 is 0.556 bits per heavy atom. The number of aromatic amines is 2. The minimum atomic E-state index is -0.0983. The Morgan fingerprint density at radius 3 is 1.49 bits per heavy atom. The maximum atomic E-state index is 11.5. The Balaban J connectivity index is 1.49. The van der Waals surface area contributed by atoms with Gasteiger partial charge in [-0.05, 0) is 136 Å². The summed E-state index contributed by atoms with van der Waals surface area (Å²) >= 11 is 0. The number of aromatic nitrogens is 4. The monoisotopic (exact) mass is 863 g/mol. The Morgan fingerprint density at radius 2 is 1.00 bits per heavy atom. The number of hydrogen-bond donors (Lipinski definition) is 2. The number of carbonyl (C=O) groups is 2. The molecule has 0 amide bonds. The smallest absolute Gasteiger partial charge is 0.305 e. The molecule has 0 spiro atoms. The number of ether oxygens (including phenoxy) is 2. The molecule has 63 heavy (non-hydrogen) atoms. The van der Waals surface area contributed by atoms with Crippen LogP contribution in [0.25, 0.3) is 33.2 Å². The van der Waals surface area contributed by atoms with Crippen LogP contribution >= 0.6 is 0 Å². The van der Waals surface area contributed by atoms with Gasteiger partial charge in [-0.25, -0.2) is 4.98 Å². The van der Waals surface area contributed by atoms with Crippen LogP contribution in [0.5, 0.6) is 0 Å². The summed E-state index contributed by atoms with van der Waals surface area (Å²) in [5.74, 6) is -0.196. The van der Waals surface area contributed by atoms with Gasteiger partial charge in [0.1, 0.15) is 0 Å². The number of aryl methyl sites for hydroxylation is 4. The van der Waals surface area contributed by atoms with E-state index in [1.54, 1.807) is 0 Å². The molecule has 5 rings (SSSR count). The lowest BCUT2D eigenvalue weighted by Gasteiger charge is -2.16. The predicted molar refractivity (Wildman–Crippen MR) is 263 cm³/mol. The van der Waals surface area contributed by atoms with E-state index in [4.69, 9.17) is 19.4 Å². The second-order valence-corrected chi connectivity index (χ2v) is 19.4. The fourth-order valence-corrected chi connectivity index (χ4v) is 9.71. The van der Waals surface area contributed by atoms with Crippen LogP contribution in [0.1, 0.15) is 220 Å². The quantitative estimate of drug-likeness (QED) is 0.0614.